The van der Waals surface area contributed by atoms with Gasteiger partial charge in [-0.25, -0.2) is 10.4 Å². The summed E-state index contributed by atoms with van der Waals surface area (Å²) in [5.74, 6) is 5.62. The molecule has 40 heavy (non-hydrogen) atoms. The second kappa shape index (κ2) is 11.7. The fourth-order valence-electron chi connectivity index (χ4n) is 5.23. The van der Waals surface area contributed by atoms with Crippen LogP contribution in [0.5, 0.6) is 5.75 Å². The van der Waals surface area contributed by atoms with Crippen molar-refractivity contribution in [3.63, 3.8) is 0 Å². The number of hydrogen-bond acceptors (Lipinski definition) is 6. The molecule has 0 saturated heterocycles. The first-order chi connectivity index (χ1) is 19.3. The Morgan fingerprint density at radius 3 is 2.77 bits per heavy atom. The van der Waals surface area contributed by atoms with Gasteiger partial charge >= 0.3 is 0 Å². The molecule has 206 valence electrons. The molecule has 1 amide bonds. The Hall–Kier alpha value is -4.44. The first kappa shape index (κ1) is 27.1. The van der Waals surface area contributed by atoms with Crippen molar-refractivity contribution in [2.24, 2.45) is 11.6 Å². The number of benzene rings is 3. The van der Waals surface area contributed by atoms with Crippen LogP contribution in [0.4, 0.5) is 0 Å². The number of H-pyrrole nitrogens is 1. The lowest BCUT2D eigenvalue weighted by Gasteiger charge is -2.21. The van der Waals surface area contributed by atoms with Crippen molar-refractivity contribution < 1.29 is 9.90 Å². The minimum Gasteiger partial charge on any atom is -0.508 e. The van der Waals surface area contributed by atoms with E-state index in [0.717, 1.165) is 54.3 Å². The summed E-state index contributed by atoms with van der Waals surface area (Å²) < 4.78 is 2.97. The van der Waals surface area contributed by atoms with Gasteiger partial charge in [-0.2, -0.15) is 0 Å². The van der Waals surface area contributed by atoms with E-state index in [1.54, 1.807) is 12.1 Å². The van der Waals surface area contributed by atoms with E-state index >= 15 is 0 Å². The van der Waals surface area contributed by atoms with Crippen LogP contribution in [0.2, 0.25) is 0 Å². The monoisotopic (exact) mass is 557 g/mol. The first-order valence-corrected chi connectivity index (χ1v) is 13.2. The number of carbonyl (C=O) groups excluding carboxylic acids is 1. The van der Waals surface area contributed by atoms with Gasteiger partial charge in [0.25, 0.3) is 0 Å². The van der Waals surface area contributed by atoms with Gasteiger partial charge in [0.2, 0.25) is 6.41 Å². The zero-order valence-electron chi connectivity index (χ0n) is 22.1. The highest BCUT2D eigenvalue weighted by molar-refractivity contribution is 6.13. The van der Waals surface area contributed by atoms with Crippen molar-refractivity contribution in [3.05, 3.63) is 113 Å². The van der Waals surface area contributed by atoms with E-state index in [4.69, 9.17) is 23.4 Å². The van der Waals surface area contributed by atoms with Crippen LogP contribution in [0, 0.1) is 6.92 Å². The summed E-state index contributed by atoms with van der Waals surface area (Å²) >= 11 is 5.69. The Balaban J connectivity index is 1.42. The second-order valence-electron chi connectivity index (χ2n) is 9.81. The number of para-hydroxylation sites is 1. The molecule has 0 saturated carbocycles. The fourth-order valence-corrected chi connectivity index (χ4v) is 5.35. The van der Waals surface area contributed by atoms with Crippen LogP contribution in [0.3, 0.4) is 0 Å². The van der Waals surface area contributed by atoms with Gasteiger partial charge in [-0.05, 0) is 59.3 Å². The van der Waals surface area contributed by atoms with E-state index in [0.29, 0.717) is 31.7 Å². The van der Waals surface area contributed by atoms with Crippen molar-refractivity contribution in [1.29, 1.82) is 0 Å². The first-order valence-electron chi connectivity index (χ1n) is 12.9. The molecule has 0 fully saturated rings. The number of phenols is 1. The average Bonchev–Trinajstić information content (AvgIpc) is 3.49. The molecule has 5 rings (SSSR count). The minimum absolute atomic E-state index is 0.151. The van der Waals surface area contributed by atoms with E-state index in [2.05, 4.69) is 33.8 Å². The number of halogens is 1. The van der Waals surface area contributed by atoms with Crippen molar-refractivity contribution >= 4 is 40.0 Å². The van der Waals surface area contributed by atoms with E-state index in [1.165, 1.54) is 6.20 Å². The van der Waals surface area contributed by atoms with Crippen molar-refractivity contribution in [2.75, 3.05) is 0 Å². The number of nitrogens with zero attached hydrogens (tertiary/aromatic N) is 2. The molecule has 0 aliphatic rings. The summed E-state index contributed by atoms with van der Waals surface area (Å²) in [4.78, 5) is 15.3. The minimum atomic E-state index is -0.437. The van der Waals surface area contributed by atoms with Crippen molar-refractivity contribution in [1.82, 2.24) is 24.7 Å². The number of nitrogens with one attached hydrogen (secondary N) is 3. The Morgan fingerprint density at radius 2 is 1.98 bits per heavy atom. The number of fused-ring (bicyclic) bond motifs is 2. The third kappa shape index (κ3) is 5.76. The lowest BCUT2D eigenvalue weighted by atomic mass is 9.92. The number of aromatic hydroxyl groups is 1. The summed E-state index contributed by atoms with van der Waals surface area (Å²) in [7, 11) is 0. The highest BCUT2D eigenvalue weighted by Crippen LogP contribution is 2.35. The number of phenolic OH excluding ortho intramolecular Hbond substituents is 1. The number of amides is 1. The van der Waals surface area contributed by atoms with Crippen LogP contribution in [0.15, 0.2) is 84.8 Å². The molecule has 2 aromatic heterocycles. The van der Waals surface area contributed by atoms with E-state index in [1.807, 2.05) is 54.1 Å². The highest BCUT2D eigenvalue weighted by Gasteiger charge is 2.23. The van der Waals surface area contributed by atoms with E-state index in [-0.39, 0.29) is 5.75 Å². The largest absolute Gasteiger partial charge is 0.508 e. The van der Waals surface area contributed by atoms with Gasteiger partial charge in [0, 0.05) is 64.4 Å². The van der Waals surface area contributed by atoms with Crippen LogP contribution in [0.1, 0.15) is 34.0 Å². The maximum Gasteiger partial charge on any atom is 0.207 e. The van der Waals surface area contributed by atoms with Crippen molar-refractivity contribution in [2.45, 2.75) is 32.6 Å². The zero-order valence-corrected chi connectivity index (χ0v) is 22.8. The Kier molecular flexibility index (Phi) is 7.97. The van der Waals surface area contributed by atoms with E-state index < -0.39 is 6.04 Å². The second-order valence-corrected chi connectivity index (χ2v) is 10.2. The highest BCUT2D eigenvalue weighted by atomic mass is 35.5. The number of rotatable bonds is 11. The lowest BCUT2D eigenvalue weighted by Crippen LogP contribution is -2.24. The predicted octanol–water partition coefficient (Wildman–Crippen LogP) is 4.39. The quantitative estimate of drug-likeness (QED) is 0.0616. The molecule has 9 nitrogen and oxygen atoms in total. The molecule has 1 atom stereocenters. The molecule has 2 heterocycles. The number of aromatic nitrogens is 2. The molecule has 10 heteroatoms. The molecule has 0 aliphatic carbocycles. The number of nitrogens with two attached hydrogens (primary N) is 2. The summed E-state index contributed by atoms with van der Waals surface area (Å²) in [6, 6.07) is 21.2. The molecule has 0 radical (unpaired) electrons. The number of hydrazine groups is 1. The molecule has 3 aromatic carbocycles. The van der Waals surface area contributed by atoms with Gasteiger partial charge in [-0.3, -0.25) is 4.79 Å². The third-order valence-electron chi connectivity index (χ3n) is 7.04. The topological polar surface area (TPSA) is 137 Å². The van der Waals surface area contributed by atoms with E-state index in [9.17, 15) is 9.90 Å². The third-order valence-corrected chi connectivity index (χ3v) is 7.13. The number of hydrogen-bond donors (Lipinski definition) is 6. The summed E-state index contributed by atoms with van der Waals surface area (Å²) in [6.07, 6.45) is 4.16. The summed E-state index contributed by atoms with van der Waals surface area (Å²) in [6.45, 7) is 3.59. The summed E-state index contributed by atoms with van der Waals surface area (Å²) in [5, 5.41) is 18.9. The maximum atomic E-state index is 11.7. The number of allylic oxidation sites excluding steroid dienone is 1. The van der Waals surface area contributed by atoms with Gasteiger partial charge in [0.15, 0.2) is 0 Å². The van der Waals surface area contributed by atoms with Gasteiger partial charge in [0.05, 0.1) is 18.8 Å². The Bertz CT molecular complexity index is 1690. The Labute approximate surface area is 237 Å². The molecule has 0 aliphatic heterocycles. The molecule has 0 spiro atoms. The number of carbonyl (C=O) groups is 1. The summed E-state index contributed by atoms with van der Waals surface area (Å²) in [5.41, 5.74) is 13.5. The molecular weight excluding hydrogens is 526 g/mol. The molecule has 1 unspecified atom stereocenters. The van der Waals surface area contributed by atoms with Crippen molar-refractivity contribution in [3.8, 4) is 5.75 Å². The smallest absolute Gasteiger partial charge is 0.207 e. The van der Waals surface area contributed by atoms with Crippen LogP contribution in [-0.2, 0) is 24.4 Å². The zero-order chi connectivity index (χ0) is 28.2. The van der Waals surface area contributed by atoms with Gasteiger partial charge in [-0.15, -0.1) is 0 Å². The predicted molar refractivity (Wildman–Crippen MR) is 159 cm³/mol. The molecule has 8 N–H and O–H groups in total. The maximum absolute atomic E-state index is 11.7. The van der Waals surface area contributed by atoms with Crippen LogP contribution in [-0.4, -0.2) is 25.6 Å². The van der Waals surface area contributed by atoms with Gasteiger partial charge in [0.1, 0.15) is 5.75 Å². The number of aryl methyl sites for hydroxylation is 1. The molecular formula is C30H32ClN7O2. The van der Waals surface area contributed by atoms with Gasteiger partial charge < -0.3 is 31.0 Å². The van der Waals surface area contributed by atoms with Gasteiger partial charge in [-0.1, -0.05) is 36.4 Å². The molecule has 0 bridgehead atoms. The normalized spacial score (nSPS) is 12.6. The number of aromatic amines is 1. The van der Waals surface area contributed by atoms with Crippen LogP contribution in [0.25, 0.3) is 21.8 Å². The Morgan fingerprint density at radius 1 is 1.15 bits per heavy atom. The lowest BCUT2D eigenvalue weighted by molar-refractivity contribution is -0.110. The standard InChI is InChI=1S/C30H32ClN7O2/c1-19-6-9-23(40)13-25(19)30(35-18-39)29-24-4-2-3-5-26(24)36-27(29)15-34-14-20-7-8-21-10-11-37(28(21)12-20)16-22(32)17-38(31)33/h2-13,17-18,30,34,36,40H,14-16,32-33H2,1H3,(H,35,39)/b22-17-. The average molecular weight is 558 g/mol. The van der Waals surface area contributed by atoms with Crippen LogP contribution < -0.4 is 22.2 Å². The molecule has 5 aromatic rings. The SMILES string of the molecule is Cc1ccc(O)cc1C(NC=O)c1c(CNCc2ccc3ccn(C/C(N)=C/N(N)Cl)c3c2)[nH]c2ccccc12. The fraction of sp³-hybridized carbons (Fsp3) is 0.167. The van der Waals surface area contributed by atoms with Crippen LogP contribution >= 0.6 is 11.8 Å².